The zero-order valence-corrected chi connectivity index (χ0v) is 12.1. The zero-order valence-electron chi connectivity index (χ0n) is 11.3. The van der Waals surface area contributed by atoms with Crippen LogP contribution in [0.1, 0.15) is 12.5 Å². The number of methoxy groups -OCH3 is 1. The van der Waals surface area contributed by atoms with Crippen molar-refractivity contribution in [2.75, 3.05) is 25.6 Å². The number of carbonyl (C=O) groups is 1. The number of nitrogens with one attached hydrogen (secondary N) is 1. The average molecular weight is 279 g/mol. The molecule has 0 aliphatic carbocycles. The Bertz CT molecular complexity index is 525. The molecule has 1 aliphatic rings. The van der Waals surface area contributed by atoms with Crippen molar-refractivity contribution in [1.82, 2.24) is 0 Å². The van der Waals surface area contributed by atoms with Gasteiger partial charge < -0.3 is 14.8 Å². The normalized spacial score (nSPS) is 13.8. The van der Waals surface area contributed by atoms with E-state index in [9.17, 15) is 4.79 Å². The first-order valence-electron chi connectivity index (χ1n) is 6.04. The first-order chi connectivity index (χ1) is 9.11. The maximum absolute atomic E-state index is 12.0. The molecule has 0 atom stereocenters. The van der Waals surface area contributed by atoms with Crippen molar-refractivity contribution in [3.63, 3.8) is 0 Å². The number of hydrogen-bond donors (Lipinski definition) is 1. The summed E-state index contributed by atoms with van der Waals surface area (Å²) < 4.78 is 10.0. The summed E-state index contributed by atoms with van der Waals surface area (Å²) in [7, 11) is 1.58. The highest BCUT2D eigenvalue weighted by Crippen LogP contribution is 2.40. The van der Waals surface area contributed by atoms with Crippen LogP contribution in [0.5, 0.6) is 0 Å². The summed E-state index contributed by atoms with van der Waals surface area (Å²) in [4.78, 5) is 13.6. The van der Waals surface area contributed by atoms with E-state index in [0.29, 0.717) is 11.5 Å². The van der Waals surface area contributed by atoms with Gasteiger partial charge in [-0.2, -0.15) is 0 Å². The lowest BCUT2D eigenvalue weighted by molar-refractivity contribution is -0.139. The van der Waals surface area contributed by atoms with Gasteiger partial charge in [-0.25, -0.2) is 4.79 Å². The van der Waals surface area contributed by atoms with Gasteiger partial charge in [-0.05, 0) is 31.5 Å². The molecule has 0 aromatic heterocycles. The van der Waals surface area contributed by atoms with Crippen molar-refractivity contribution in [2.45, 2.75) is 18.7 Å². The van der Waals surface area contributed by atoms with Crippen LogP contribution in [0.25, 0.3) is 0 Å². The van der Waals surface area contributed by atoms with Crippen LogP contribution in [0, 0.1) is 6.92 Å². The zero-order chi connectivity index (χ0) is 13.8. The number of aryl methyl sites for hydroxylation is 1. The van der Waals surface area contributed by atoms with Crippen LogP contribution < -0.4 is 5.32 Å². The van der Waals surface area contributed by atoms with Crippen LogP contribution in [0.3, 0.4) is 0 Å². The van der Waals surface area contributed by atoms with E-state index in [4.69, 9.17) is 9.47 Å². The standard InChI is InChI=1S/C14H17NO3S/c1-9-4-5-11-12(8-9)19-13(10(2)15-11)14(16)18-7-6-17-3/h4-5,8,15H,6-7H2,1-3H3. The third-order valence-corrected chi connectivity index (χ3v) is 3.95. The largest absolute Gasteiger partial charge is 0.459 e. The highest BCUT2D eigenvalue weighted by Gasteiger charge is 2.22. The summed E-state index contributed by atoms with van der Waals surface area (Å²) >= 11 is 1.45. The second kappa shape index (κ2) is 6.12. The first kappa shape index (κ1) is 14.0. The number of allylic oxidation sites excluding steroid dienone is 1. The van der Waals surface area contributed by atoms with Gasteiger partial charge in [0.2, 0.25) is 0 Å². The fourth-order valence-electron chi connectivity index (χ4n) is 1.74. The molecule has 5 heteroatoms. The second-order valence-electron chi connectivity index (χ2n) is 4.31. The third kappa shape index (κ3) is 3.30. The van der Waals surface area contributed by atoms with E-state index >= 15 is 0 Å². The smallest absolute Gasteiger partial charge is 0.346 e. The molecular weight excluding hydrogens is 262 g/mol. The molecule has 1 aromatic carbocycles. The Morgan fingerprint density at radius 1 is 1.32 bits per heavy atom. The molecular formula is C14H17NO3S. The highest BCUT2D eigenvalue weighted by molar-refractivity contribution is 8.04. The summed E-state index contributed by atoms with van der Waals surface area (Å²) in [5, 5.41) is 3.24. The lowest BCUT2D eigenvalue weighted by Gasteiger charge is -2.21. The fraction of sp³-hybridized carbons (Fsp3) is 0.357. The van der Waals surface area contributed by atoms with Crippen LogP contribution >= 0.6 is 11.8 Å². The maximum Gasteiger partial charge on any atom is 0.346 e. The van der Waals surface area contributed by atoms with Crippen LogP contribution in [0.2, 0.25) is 0 Å². The van der Waals surface area contributed by atoms with E-state index in [0.717, 1.165) is 16.3 Å². The Kier molecular flexibility index (Phi) is 4.50. The number of benzene rings is 1. The highest BCUT2D eigenvalue weighted by atomic mass is 32.2. The van der Waals surface area contributed by atoms with Crippen LogP contribution in [-0.4, -0.2) is 26.3 Å². The number of carbonyl (C=O) groups excluding carboxylic acids is 1. The van der Waals surface area contributed by atoms with E-state index in [1.165, 1.54) is 17.3 Å². The van der Waals surface area contributed by atoms with Gasteiger partial charge in [0.25, 0.3) is 0 Å². The topological polar surface area (TPSA) is 47.6 Å². The molecule has 0 bridgehead atoms. The Morgan fingerprint density at radius 3 is 2.84 bits per heavy atom. The molecule has 19 heavy (non-hydrogen) atoms. The minimum atomic E-state index is -0.306. The molecule has 0 saturated heterocycles. The molecule has 0 amide bonds. The lowest BCUT2D eigenvalue weighted by atomic mass is 10.2. The molecule has 102 valence electrons. The van der Waals surface area contributed by atoms with Gasteiger partial charge in [0.1, 0.15) is 11.5 Å². The lowest BCUT2D eigenvalue weighted by Crippen LogP contribution is -2.16. The molecule has 2 rings (SSSR count). The van der Waals surface area contributed by atoms with Crippen molar-refractivity contribution in [1.29, 1.82) is 0 Å². The maximum atomic E-state index is 12.0. The number of rotatable bonds is 4. The van der Waals surface area contributed by atoms with E-state index < -0.39 is 0 Å². The first-order valence-corrected chi connectivity index (χ1v) is 6.86. The minimum absolute atomic E-state index is 0.271. The number of ether oxygens (including phenoxy) is 2. The Hall–Kier alpha value is -1.46. The number of hydrogen-bond acceptors (Lipinski definition) is 5. The summed E-state index contributed by atoms with van der Waals surface area (Å²) in [6, 6.07) is 6.12. The second-order valence-corrected chi connectivity index (χ2v) is 5.36. The van der Waals surface area contributed by atoms with Crippen molar-refractivity contribution < 1.29 is 14.3 Å². The average Bonchev–Trinajstić information content (AvgIpc) is 2.38. The number of fused-ring (bicyclic) bond motifs is 1. The van der Waals surface area contributed by atoms with Crippen molar-refractivity contribution >= 4 is 23.4 Å². The van der Waals surface area contributed by atoms with E-state index in [-0.39, 0.29) is 12.6 Å². The third-order valence-electron chi connectivity index (χ3n) is 2.72. The van der Waals surface area contributed by atoms with Gasteiger partial charge in [-0.15, -0.1) is 0 Å². The van der Waals surface area contributed by atoms with Gasteiger partial charge in [-0.1, -0.05) is 17.8 Å². The molecule has 0 radical (unpaired) electrons. The van der Waals surface area contributed by atoms with Gasteiger partial charge in [0, 0.05) is 17.7 Å². The van der Waals surface area contributed by atoms with E-state index in [2.05, 4.69) is 11.4 Å². The Morgan fingerprint density at radius 2 is 2.11 bits per heavy atom. The van der Waals surface area contributed by atoms with Crippen LogP contribution in [0.4, 0.5) is 5.69 Å². The predicted octanol–water partition coefficient (Wildman–Crippen LogP) is 2.93. The molecule has 0 fully saturated rings. The SMILES string of the molecule is COCCOC(=O)C1=C(C)Nc2ccc(C)cc2S1. The molecule has 1 aliphatic heterocycles. The minimum Gasteiger partial charge on any atom is -0.459 e. The van der Waals surface area contributed by atoms with Crippen molar-refractivity contribution in [2.24, 2.45) is 0 Å². The number of thioether (sulfide) groups is 1. The van der Waals surface area contributed by atoms with Gasteiger partial charge in [0.15, 0.2) is 0 Å². The molecule has 4 nitrogen and oxygen atoms in total. The number of anilines is 1. The monoisotopic (exact) mass is 279 g/mol. The van der Waals surface area contributed by atoms with Gasteiger partial charge in [0.05, 0.1) is 12.3 Å². The van der Waals surface area contributed by atoms with Crippen molar-refractivity contribution in [3.8, 4) is 0 Å². The summed E-state index contributed by atoms with van der Waals surface area (Å²) in [6.45, 7) is 4.59. The Labute approximate surface area is 117 Å². The fourth-order valence-corrected chi connectivity index (χ4v) is 2.78. The Balaban J connectivity index is 2.12. The predicted molar refractivity (Wildman–Crippen MR) is 76.2 cm³/mol. The van der Waals surface area contributed by atoms with E-state index in [1.807, 2.05) is 26.0 Å². The van der Waals surface area contributed by atoms with Crippen LogP contribution in [-0.2, 0) is 14.3 Å². The number of esters is 1. The molecule has 1 N–H and O–H groups in total. The van der Waals surface area contributed by atoms with Crippen LogP contribution in [0.15, 0.2) is 33.7 Å². The molecule has 1 heterocycles. The molecule has 0 spiro atoms. The quantitative estimate of drug-likeness (QED) is 0.678. The molecule has 0 unspecified atom stereocenters. The summed E-state index contributed by atoms with van der Waals surface area (Å²) in [6.07, 6.45) is 0. The van der Waals surface area contributed by atoms with Gasteiger partial charge in [-0.3, -0.25) is 0 Å². The summed E-state index contributed by atoms with van der Waals surface area (Å²) in [5.74, 6) is -0.306. The van der Waals surface area contributed by atoms with E-state index in [1.54, 1.807) is 7.11 Å². The van der Waals surface area contributed by atoms with Crippen molar-refractivity contribution in [3.05, 3.63) is 34.4 Å². The molecule has 0 saturated carbocycles. The summed E-state index contributed by atoms with van der Waals surface area (Å²) in [5.41, 5.74) is 3.02. The molecule has 1 aromatic rings. The van der Waals surface area contributed by atoms with Gasteiger partial charge >= 0.3 is 5.97 Å².